The Balaban J connectivity index is 3.39. The Labute approximate surface area is 66.5 Å². The van der Waals surface area contributed by atoms with Gasteiger partial charge >= 0.3 is 65.9 Å². The van der Waals surface area contributed by atoms with Crippen LogP contribution in [0.4, 0.5) is 0 Å². The van der Waals surface area contributed by atoms with E-state index < -0.39 is 12.0 Å². The molecule has 58 valence electrons. The van der Waals surface area contributed by atoms with E-state index in [0.717, 1.165) is 0 Å². The molecule has 4 heteroatoms. The molecule has 0 saturated heterocycles. The van der Waals surface area contributed by atoms with E-state index in [1.165, 1.54) is 0 Å². The van der Waals surface area contributed by atoms with Crippen molar-refractivity contribution in [2.75, 3.05) is 0 Å². The average molecular weight is 208 g/mol. The average Bonchev–Trinajstić information content (AvgIpc) is 1.88. The van der Waals surface area contributed by atoms with Crippen LogP contribution < -0.4 is 5.73 Å². The third-order valence-electron chi connectivity index (χ3n) is 0.825. The van der Waals surface area contributed by atoms with Crippen molar-refractivity contribution in [3.8, 4) is 0 Å². The van der Waals surface area contributed by atoms with Crippen molar-refractivity contribution in [2.24, 2.45) is 5.73 Å². The van der Waals surface area contributed by atoms with Gasteiger partial charge in [-0.15, -0.1) is 0 Å². The zero-order valence-electron chi connectivity index (χ0n) is 5.78. The van der Waals surface area contributed by atoms with E-state index in [9.17, 15) is 4.79 Å². The summed E-state index contributed by atoms with van der Waals surface area (Å²) < 4.78 is 0. The Morgan fingerprint density at radius 3 is 2.90 bits per heavy atom. The SMILES string of the molecule is C/C=C\[Se]C[C@H](N)C(=O)O. The van der Waals surface area contributed by atoms with Gasteiger partial charge in [-0.3, -0.25) is 0 Å². The first-order valence-corrected chi connectivity index (χ1v) is 5.09. The molecular weight excluding hydrogens is 197 g/mol. The van der Waals surface area contributed by atoms with Gasteiger partial charge in [-0.25, -0.2) is 0 Å². The molecule has 10 heavy (non-hydrogen) atoms. The van der Waals surface area contributed by atoms with Crippen LogP contribution in [0.25, 0.3) is 0 Å². The van der Waals surface area contributed by atoms with Crippen LogP contribution in [0.15, 0.2) is 11.1 Å². The van der Waals surface area contributed by atoms with Crippen LogP contribution in [0.5, 0.6) is 0 Å². The van der Waals surface area contributed by atoms with Crippen LogP contribution in [-0.2, 0) is 4.79 Å². The summed E-state index contributed by atoms with van der Waals surface area (Å²) in [6, 6.07) is -0.684. The summed E-state index contributed by atoms with van der Waals surface area (Å²) in [5.41, 5.74) is 5.24. The van der Waals surface area contributed by atoms with E-state index in [0.29, 0.717) is 5.32 Å². The van der Waals surface area contributed by atoms with Crippen LogP contribution in [-0.4, -0.2) is 32.1 Å². The first kappa shape index (κ1) is 9.69. The number of carboxylic acids is 1. The maximum atomic E-state index is 10.2. The van der Waals surface area contributed by atoms with Crippen molar-refractivity contribution in [3.05, 3.63) is 11.1 Å². The van der Waals surface area contributed by atoms with E-state index in [1.54, 1.807) is 0 Å². The second-order valence-corrected chi connectivity index (χ2v) is 3.72. The van der Waals surface area contributed by atoms with Gasteiger partial charge in [0.25, 0.3) is 0 Å². The third-order valence-corrected chi connectivity index (χ3v) is 2.96. The molecule has 0 fully saturated rings. The summed E-state index contributed by atoms with van der Waals surface area (Å²) in [6.45, 7) is 1.91. The van der Waals surface area contributed by atoms with Crippen molar-refractivity contribution >= 4 is 20.9 Å². The van der Waals surface area contributed by atoms with Gasteiger partial charge in [0.1, 0.15) is 0 Å². The second-order valence-electron chi connectivity index (χ2n) is 1.75. The minimum atomic E-state index is -0.911. The summed E-state index contributed by atoms with van der Waals surface area (Å²) in [6.07, 6.45) is 1.91. The van der Waals surface area contributed by atoms with Crippen molar-refractivity contribution in [1.29, 1.82) is 0 Å². The number of nitrogens with two attached hydrogens (primary N) is 1. The molecule has 0 aromatic carbocycles. The summed E-state index contributed by atoms with van der Waals surface area (Å²) >= 11 is 0.243. The number of allylic oxidation sites excluding steroid dienone is 1. The molecule has 0 aliphatic carbocycles. The fourth-order valence-electron chi connectivity index (χ4n) is 0.327. The van der Waals surface area contributed by atoms with Crippen LogP contribution >= 0.6 is 0 Å². The Morgan fingerprint density at radius 1 is 1.90 bits per heavy atom. The Kier molecular flexibility index (Phi) is 5.30. The Bertz CT molecular complexity index is 136. The van der Waals surface area contributed by atoms with Gasteiger partial charge in [-0.05, 0) is 0 Å². The fourth-order valence-corrected chi connectivity index (χ4v) is 1.70. The van der Waals surface area contributed by atoms with E-state index in [2.05, 4.69) is 0 Å². The van der Waals surface area contributed by atoms with Gasteiger partial charge in [0.2, 0.25) is 0 Å². The number of carbonyl (C=O) groups is 1. The quantitative estimate of drug-likeness (QED) is 0.642. The summed E-state index contributed by atoms with van der Waals surface area (Å²) in [7, 11) is 0. The zero-order chi connectivity index (χ0) is 7.98. The molecule has 0 aliphatic heterocycles. The normalized spacial score (nSPS) is 13.8. The fraction of sp³-hybridized carbons (Fsp3) is 0.500. The summed E-state index contributed by atoms with van der Waals surface area (Å²) in [4.78, 5) is 12.1. The van der Waals surface area contributed by atoms with Gasteiger partial charge in [-0.2, -0.15) is 0 Å². The first-order valence-electron chi connectivity index (χ1n) is 2.89. The molecule has 3 N–H and O–H groups in total. The molecule has 0 aromatic rings. The van der Waals surface area contributed by atoms with Gasteiger partial charge in [0.05, 0.1) is 0 Å². The monoisotopic (exact) mass is 209 g/mol. The number of hydrogen-bond acceptors (Lipinski definition) is 2. The third kappa shape index (κ3) is 4.56. The van der Waals surface area contributed by atoms with E-state index >= 15 is 0 Å². The number of rotatable bonds is 4. The van der Waals surface area contributed by atoms with E-state index in [4.69, 9.17) is 10.8 Å². The number of aliphatic carboxylic acids is 1. The molecule has 0 aliphatic rings. The van der Waals surface area contributed by atoms with Gasteiger partial charge in [0.15, 0.2) is 0 Å². The van der Waals surface area contributed by atoms with Crippen LogP contribution in [0.3, 0.4) is 0 Å². The molecule has 0 amide bonds. The molecular formula is C6H11NO2Se. The molecule has 0 unspecified atom stereocenters. The van der Waals surface area contributed by atoms with Crippen LogP contribution in [0.1, 0.15) is 6.92 Å². The predicted molar refractivity (Wildman–Crippen MR) is 41.0 cm³/mol. The summed E-state index contributed by atoms with van der Waals surface area (Å²) in [5.74, 6) is -0.911. The van der Waals surface area contributed by atoms with Crippen molar-refractivity contribution < 1.29 is 9.90 Å². The molecule has 1 atom stereocenters. The maximum absolute atomic E-state index is 10.2. The zero-order valence-corrected chi connectivity index (χ0v) is 7.49. The van der Waals surface area contributed by atoms with Gasteiger partial charge in [0, 0.05) is 0 Å². The molecule has 0 spiro atoms. The minimum absolute atomic E-state index is 0.243. The molecule has 0 aromatic heterocycles. The Hall–Kier alpha value is -0.311. The molecule has 0 heterocycles. The summed E-state index contributed by atoms with van der Waals surface area (Å²) in [5, 5.41) is 8.92. The van der Waals surface area contributed by atoms with Crippen molar-refractivity contribution in [3.63, 3.8) is 0 Å². The van der Waals surface area contributed by atoms with E-state index in [-0.39, 0.29) is 15.0 Å². The first-order chi connectivity index (χ1) is 4.68. The predicted octanol–water partition coefficient (Wildman–Crippen LogP) is 0.0544. The molecule has 0 rings (SSSR count). The second kappa shape index (κ2) is 5.47. The van der Waals surface area contributed by atoms with E-state index in [1.807, 2.05) is 18.0 Å². The van der Waals surface area contributed by atoms with Crippen molar-refractivity contribution in [1.82, 2.24) is 0 Å². The Morgan fingerprint density at radius 2 is 2.50 bits per heavy atom. The topological polar surface area (TPSA) is 63.3 Å². The molecule has 3 nitrogen and oxygen atoms in total. The molecule has 0 saturated carbocycles. The van der Waals surface area contributed by atoms with Crippen LogP contribution in [0, 0.1) is 0 Å². The molecule has 0 bridgehead atoms. The van der Waals surface area contributed by atoms with Gasteiger partial charge in [-0.1, -0.05) is 0 Å². The van der Waals surface area contributed by atoms with Crippen LogP contribution in [0.2, 0.25) is 5.32 Å². The number of hydrogen-bond donors (Lipinski definition) is 2. The molecule has 0 radical (unpaired) electrons. The van der Waals surface area contributed by atoms with Crippen molar-refractivity contribution in [2.45, 2.75) is 18.3 Å². The van der Waals surface area contributed by atoms with Gasteiger partial charge < -0.3 is 0 Å². The number of carboxylic acid groups (broad SMARTS) is 1. The standard InChI is InChI=1S/C6H11NO2Se/c1-2-3-10-4-5(7)6(8)9/h2-3,5H,4,7H2,1H3,(H,8,9)/b3-2-/t5-/m0/s1.